The van der Waals surface area contributed by atoms with E-state index in [1.165, 1.54) is 19.3 Å². The van der Waals surface area contributed by atoms with E-state index < -0.39 is 4.92 Å². The van der Waals surface area contributed by atoms with Crippen molar-refractivity contribution >= 4 is 46.0 Å². The predicted molar refractivity (Wildman–Crippen MR) is 93.7 cm³/mol. The molecule has 3 rings (SSSR count). The number of nitrogens with zero attached hydrogens (tertiary/aromatic N) is 1. The second-order valence-electron chi connectivity index (χ2n) is 4.69. The molecule has 0 atom stereocenters. The van der Waals surface area contributed by atoms with Gasteiger partial charge in [0, 0.05) is 6.08 Å². The number of thioether (sulfide) groups is 1. The average Bonchev–Trinajstić information content (AvgIpc) is 3.13. The number of ether oxygens (including phenoxy) is 1. The van der Waals surface area contributed by atoms with Crippen LogP contribution >= 0.6 is 24.0 Å². The Labute approximate surface area is 145 Å². The molecule has 9 heteroatoms. The molecule has 122 valence electrons. The monoisotopic (exact) mass is 362 g/mol. The number of thiocarbonyl (C=S) groups is 1. The summed E-state index contributed by atoms with van der Waals surface area (Å²) in [6, 6.07) is 7.73. The van der Waals surface area contributed by atoms with E-state index in [4.69, 9.17) is 21.4 Å². The van der Waals surface area contributed by atoms with Gasteiger partial charge in [0.15, 0.2) is 0 Å². The van der Waals surface area contributed by atoms with Gasteiger partial charge < -0.3 is 14.5 Å². The molecule has 1 aliphatic heterocycles. The molecule has 24 heavy (non-hydrogen) atoms. The van der Waals surface area contributed by atoms with E-state index in [9.17, 15) is 14.9 Å². The summed E-state index contributed by atoms with van der Waals surface area (Å²) < 4.78 is 11.0. The molecule has 0 unspecified atom stereocenters. The Kier molecular flexibility index (Phi) is 4.36. The minimum absolute atomic E-state index is 0.128. The number of nitro groups is 1. The Morgan fingerprint density at radius 1 is 1.38 bits per heavy atom. The van der Waals surface area contributed by atoms with Crippen LogP contribution in [-0.4, -0.2) is 22.3 Å². The standard InChI is InChI=1S/C15H10N2O5S2/c1-21-8-2-4-10(11(6-8)17(19)20)12-5-3-9(22-12)7-13-14(18)16-15(23)24-13/h2-7H,1H3,(H,16,18,23)/b13-7-. The quantitative estimate of drug-likeness (QED) is 0.386. The number of nitro benzene ring substituents is 1. The molecule has 0 spiro atoms. The van der Waals surface area contributed by atoms with E-state index in [1.54, 1.807) is 24.3 Å². The van der Waals surface area contributed by atoms with Crippen molar-refractivity contribution in [3.8, 4) is 17.1 Å². The third kappa shape index (κ3) is 3.17. The minimum atomic E-state index is -0.503. The van der Waals surface area contributed by atoms with Crippen LogP contribution in [-0.2, 0) is 4.79 Å². The van der Waals surface area contributed by atoms with Crippen LogP contribution in [0.25, 0.3) is 17.4 Å². The Bertz CT molecular complexity index is 888. The van der Waals surface area contributed by atoms with Gasteiger partial charge in [0.25, 0.3) is 11.6 Å². The highest BCUT2D eigenvalue weighted by Crippen LogP contribution is 2.35. The summed E-state index contributed by atoms with van der Waals surface area (Å²) in [6.07, 6.45) is 1.54. The summed E-state index contributed by atoms with van der Waals surface area (Å²) in [4.78, 5) is 22.8. The molecule has 1 aromatic carbocycles. The second kappa shape index (κ2) is 6.46. The van der Waals surface area contributed by atoms with Gasteiger partial charge >= 0.3 is 0 Å². The fourth-order valence-electron chi connectivity index (χ4n) is 2.12. The van der Waals surface area contributed by atoms with Crippen molar-refractivity contribution in [2.45, 2.75) is 0 Å². The van der Waals surface area contributed by atoms with Crippen LogP contribution in [0, 0.1) is 10.1 Å². The normalized spacial score (nSPS) is 15.6. The van der Waals surface area contributed by atoms with Crippen molar-refractivity contribution in [1.29, 1.82) is 0 Å². The van der Waals surface area contributed by atoms with Crippen LogP contribution < -0.4 is 10.1 Å². The highest BCUT2D eigenvalue weighted by Gasteiger charge is 2.23. The van der Waals surface area contributed by atoms with Crippen molar-refractivity contribution in [1.82, 2.24) is 5.32 Å². The van der Waals surface area contributed by atoms with Gasteiger partial charge in [0.1, 0.15) is 21.6 Å². The summed E-state index contributed by atoms with van der Waals surface area (Å²) in [5.41, 5.74) is 0.196. The molecule has 1 fully saturated rings. The van der Waals surface area contributed by atoms with Gasteiger partial charge in [0.05, 0.1) is 28.6 Å². The number of furan rings is 1. The Hall–Kier alpha value is -2.65. The van der Waals surface area contributed by atoms with Crippen LogP contribution in [0.3, 0.4) is 0 Å². The van der Waals surface area contributed by atoms with E-state index in [2.05, 4.69) is 5.32 Å². The number of methoxy groups -OCH3 is 1. The SMILES string of the molecule is COc1ccc(-c2ccc(/C=C3\SC(=S)NC3=O)o2)c([N+](=O)[O-])c1. The maximum atomic E-state index is 11.6. The number of carbonyl (C=O) groups is 1. The van der Waals surface area contributed by atoms with Gasteiger partial charge in [-0.3, -0.25) is 14.9 Å². The third-order valence-corrected chi connectivity index (χ3v) is 4.37. The minimum Gasteiger partial charge on any atom is -0.497 e. The van der Waals surface area contributed by atoms with E-state index in [0.717, 1.165) is 11.8 Å². The Balaban J connectivity index is 1.97. The Morgan fingerprint density at radius 2 is 2.17 bits per heavy atom. The summed E-state index contributed by atoms with van der Waals surface area (Å²) in [5.74, 6) is 0.810. The van der Waals surface area contributed by atoms with E-state index >= 15 is 0 Å². The van der Waals surface area contributed by atoms with Gasteiger partial charge in [-0.1, -0.05) is 24.0 Å². The molecule has 1 amide bonds. The maximum absolute atomic E-state index is 11.6. The lowest BCUT2D eigenvalue weighted by molar-refractivity contribution is -0.384. The van der Waals surface area contributed by atoms with Crippen molar-refractivity contribution in [2.24, 2.45) is 0 Å². The molecule has 1 aliphatic rings. The predicted octanol–water partition coefficient (Wildman–Crippen LogP) is 3.35. The van der Waals surface area contributed by atoms with Crippen molar-refractivity contribution in [2.75, 3.05) is 7.11 Å². The van der Waals surface area contributed by atoms with Gasteiger partial charge in [-0.15, -0.1) is 0 Å². The number of hydrogen-bond donors (Lipinski definition) is 1. The largest absolute Gasteiger partial charge is 0.497 e. The second-order valence-corrected chi connectivity index (χ2v) is 6.41. The molecule has 7 nitrogen and oxygen atoms in total. The first-order valence-corrected chi connectivity index (χ1v) is 7.88. The molecule has 1 N–H and O–H groups in total. The number of hydrogen-bond acceptors (Lipinski definition) is 7. The molecule has 0 aliphatic carbocycles. The third-order valence-electron chi connectivity index (χ3n) is 3.21. The summed E-state index contributed by atoms with van der Waals surface area (Å²) in [6.45, 7) is 0. The smallest absolute Gasteiger partial charge is 0.284 e. The first kappa shape index (κ1) is 16.2. The van der Waals surface area contributed by atoms with Crippen molar-refractivity contribution in [3.63, 3.8) is 0 Å². The van der Waals surface area contributed by atoms with Crippen molar-refractivity contribution < 1.29 is 18.9 Å². The number of rotatable bonds is 4. The van der Waals surface area contributed by atoms with Crippen LogP contribution in [0.4, 0.5) is 5.69 Å². The zero-order chi connectivity index (χ0) is 17.3. The zero-order valence-electron chi connectivity index (χ0n) is 12.3. The first-order chi connectivity index (χ1) is 11.5. The van der Waals surface area contributed by atoms with E-state index in [1.807, 2.05) is 0 Å². The lowest BCUT2D eigenvalue weighted by atomic mass is 10.1. The number of carbonyl (C=O) groups excluding carboxylic acids is 1. The van der Waals surface area contributed by atoms with E-state index in [0.29, 0.717) is 32.1 Å². The molecule has 0 bridgehead atoms. The van der Waals surface area contributed by atoms with Crippen LogP contribution in [0.1, 0.15) is 5.76 Å². The molecular formula is C15H10N2O5S2. The zero-order valence-corrected chi connectivity index (χ0v) is 13.9. The maximum Gasteiger partial charge on any atom is 0.284 e. The lowest BCUT2D eigenvalue weighted by Crippen LogP contribution is -2.17. The molecule has 1 saturated heterocycles. The van der Waals surface area contributed by atoms with E-state index in [-0.39, 0.29) is 11.6 Å². The van der Waals surface area contributed by atoms with Crippen molar-refractivity contribution in [3.05, 3.63) is 51.1 Å². The Morgan fingerprint density at radius 3 is 2.79 bits per heavy atom. The molecule has 0 radical (unpaired) electrons. The van der Waals surface area contributed by atoms with Crippen LogP contribution in [0.5, 0.6) is 5.75 Å². The fourth-order valence-corrected chi connectivity index (χ4v) is 3.15. The molecule has 0 saturated carbocycles. The van der Waals surface area contributed by atoms with Gasteiger partial charge in [0.2, 0.25) is 0 Å². The van der Waals surface area contributed by atoms with Gasteiger partial charge in [-0.2, -0.15) is 0 Å². The lowest BCUT2D eigenvalue weighted by Gasteiger charge is -2.03. The number of benzene rings is 1. The fraction of sp³-hybridized carbons (Fsp3) is 0.0667. The number of nitrogens with one attached hydrogen (secondary N) is 1. The summed E-state index contributed by atoms with van der Waals surface area (Å²) in [7, 11) is 1.44. The topological polar surface area (TPSA) is 94.6 Å². The van der Waals surface area contributed by atoms with Gasteiger partial charge in [-0.05, 0) is 24.3 Å². The molecule has 1 aromatic heterocycles. The average molecular weight is 362 g/mol. The molecule has 2 heterocycles. The molecular weight excluding hydrogens is 352 g/mol. The first-order valence-electron chi connectivity index (χ1n) is 6.65. The highest BCUT2D eigenvalue weighted by atomic mass is 32.2. The highest BCUT2D eigenvalue weighted by molar-refractivity contribution is 8.26. The molecule has 2 aromatic rings. The number of amides is 1. The van der Waals surface area contributed by atoms with Gasteiger partial charge in [-0.25, -0.2) is 0 Å². The van der Waals surface area contributed by atoms with Crippen LogP contribution in [0.15, 0.2) is 39.7 Å². The summed E-state index contributed by atoms with van der Waals surface area (Å²) >= 11 is 6.05. The summed E-state index contributed by atoms with van der Waals surface area (Å²) in [5, 5.41) is 13.8. The van der Waals surface area contributed by atoms with Crippen LogP contribution in [0.2, 0.25) is 0 Å².